The van der Waals surface area contributed by atoms with E-state index >= 15 is 0 Å². The molecule has 0 amide bonds. The summed E-state index contributed by atoms with van der Waals surface area (Å²) in [5.74, 6) is 1.23. The Bertz CT molecular complexity index is 1320. The van der Waals surface area contributed by atoms with Gasteiger partial charge in [0.1, 0.15) is 18.0 Å². The Kier molecular flexibility index (Phi) is 6.37. The van der Waals surface area contributed by atoms with Gasteiger partial charge in [-0.3, -0.25) is 15.4 Å². The molecule has 4 unspecified atom stereocenters. The summed E-state index contributed by atoms with van der Waals surface area (Å²) in [7, 11) is 4.09. The van der Waals surface area contributed by atoms with Crippen molar-refractivity contribution in [2.24, 2.45) is 5.92 Å². The van der Waals surface area contributed by atoms with Crippen LogP contribution in [-0.4, -0.2) is 64.7 Å². The van der Waals surface area contributed by atoms with E-state index < -0.39 is 0 Å². The minimum atomic E-state index is 0.156. The van der Waals surface area contributed by atoms with Gasteiger partial charge in [0.15, 0.2) is 0 Å². The highest BCUT2D eigenvalue weighted by Crippen LogP contribution is 2.40. The van der Waals surface area contributed by atoms with Crippen LogP contribution in [0.25, 0.3) is 22.2 Å². The van der Waals surface area contributed by atoms with Crippen LogP contribution in [0.2, 0.25) is 0 Å². The molecule has 0 saturated carbocycles. The Morgan fingerprint density at radius 1 is 1.06 bits per heavy atom. The van der Waals surface area contributed by atoms with Gasteiger partial charge in [0.2, 0.25) is 0 Å². The Morgan fingerprint density at radius 3 is 2.86 bits per heavy atom. The number of piperidine rings is 1. The van der Waals surface area contributed by atoms with E-state index in [1.807, 2.05) is 38.8 Å². The first-order chi connectivity index (χ1) is 17.7. The zero-order valence-electron chi connectivity index (χ0n) is 20.6. The van der Waals surface area contributed by atoms with Crippen molar-refractivity contribution in [2.75, 3.05) is 33.8 Å². The number of aromatic nitrogens is 4. The number of nitrogens with zero attached hydrogens (tertiary/aromatic N) is 4. The number of hydrogen-bond donors (Lipinski definition) is 4. The number of H-pyrrole nitrogens is 1. The van der Waals surface area contributed by atoms with E-state index in [-0.39, 0.29) is 12.1 Å². The summed E-state index contributed by atoms with van der Waals surface area (Å²) >= 11 is 0. The van der Waals surface area contributed by atoms with Crippen LogP contribution in [0.3, 0.4) is 0 Å². The molecule has 0 aromatic carbocycles. The van der Waals surface area contributed by atoms with Crippen molar-refractivity contribution in [3.05, 3.63) is 72.6 Å². The van der Waals surface area contributed by atoms with Crippen molar-refractivity contribution in [3.8, 4) is 16.9 Å². The molecule has 4 aromatic heterocycles. The molecule has 0 radical (unpaired) electrons. The second-order valence-corrected chi connectivity index (χ2v) is 9.93. The Labute approximate surface area is 210 Å². The van der Waals surface area contributed by atoms with Gasteiger partial charge >= 0.3 is 0 Å². The number of fused-ring (bicyclic) bond motifs is 2. The second-order valence-electron chi connectivity index (χ2n) is 9.93. The molecule has 9 heteroatoms. The number of likely N-dealkylation sites (N-methyl/N-ethyl adjacent to an activating group) is 1. The molecule has 4 aromatic rings. The maximum atomic E-state index is 5.93. The van der Waals surface area contributed by atoms with Gasteiger partial charge in [0, 0.05) is 72.5 Å². The molecule has 2 fully saturated rings. The predicted octanol–water partition coefficient (Wildman–Crippen LogP) is 2.83. The Balaban J connectivity index is 1.23. The third-order valence-electron chi connectivity index (χ3n) is 7.27. The van der Waals surface area contributed by atoms with Gasteiger partial charge in [0.25, 0.3) is 0 Å². The van der Waals surface area contributed by atoms with Crippen molar-refractivity contribution < 1.29 is 4.74 Å². The Morgan fingerprint density at radius 2 is 2.00 bits per heavy atom. The monoisotopic (exact) mass is 484 g/mol. The molecule has 186 valence electrons. The zero-order valence-corrected chi connectivity index (χ0v) is 20.6. The second kappa shape index (κ2) is 9.94. The molecule has 2 saturated heterocycles. The SMILES string of the molecule is CN(C)CCOc1cncc(C2CC3C(CN2)NNC3c2cc3c(-c4cccnc4)ccnc3[nH]2)c1. The van der Waals surface area contributed by atoms with Crippen molar-refractivity contribution >= 4 is 11.0 Å². The highest BCUT2D eigenvalue weighted by atomic mass is 16.5. The fourth-order valence-electron chi connectivity index (χ4n) is 5.37. The summed E-state index contributed by atoms with van der Waals surface area (Å²) < 4.78 is 5.93. The topological polar surface area (TPSA) is 103 Å². The summed E-state index contributed by atoms with van der Waals surface area (Å²) in [5.41, 5.74) is 12.5. The third kappa shape index (κ3) is 4.58. The quantitative estimate of drug-likeness (QED) is 0.318. The molecule has 4 atom stereocenters. The summed E-state index contributed by atoms with van der Waals surface area (Å²) in [5, 5.41) is 4.82. The third-order valence-corrected chi connectivity index (χ3v) is 7.27. The zero-order chi connectivity index (χ0) is 24.5. The van der Waals surface area contributed by atoms with Crippen LogP contribution in [0, 0.1) is 5.92 Å². The van der Waals surface area contributed by atoms with E-state index in [0.29, 0.717) is 18.6 Å². The standard InChI is InChI=1S/C27H32N8O/c1-35(2)8-9-36-19-10-18(14-29-15-19)23-12-22-25(16-31-23)33-34-26(22)24-11-21-20(5-7-30-27(21)32-24)17-4-3-6-28-13-17/h3-7,10-11,13-15,22-23,25-26,31,33-34H,8-9,12,16H2,1-2H3,(H,30,32). The lowest BCUT2D eigenvalue weighted by molar-refractivity contribution is 0.255. The van der Waals surface area contributed by atoms with Crippen LogP contribution >= 0.6 is 0 Å². The molecule has 0 aliphatic carbocycles. The van der Waals surface area contributed by atoms with Gasteiger partial charge in [-0.25, -0.2) is 10.4 Å². The number of ether oxygens (including phenoxy) is 1. The first-order valence-corrected chi connectivity index (χ1v) is 12.5. The van der Waals surface area contributed by atoms with Crippen molar-refractivity contribution in [1.29, 1.82) is 0 Å². The number of aromatic amines is 1. The maximum absolute atomic E-state index is 5.93. The van der Waals surface area contributed by atoms with E-state index in [1.54, 1.807) is 12.4 Å². The fourth-order valence-corrected chi connectivity index (χ4v) is 5.37. The molecule has 4 N–H and O–H groups in total. The molecule has 0 spiro atoms. The summed E-state index contributed by atoms with van der Waals surface area (Å²) in [6, 6.07) is 11.2. The molecule has 2 aliphatic rings. The van der Waals surface area contributed by atoms with E-state index in [1.165, 1.54) is 5.56 Å². The van der Waals surface area contributed by atoms with Gasteiger partial charge < -0.3 is 19.9 Å². The van der Waals surface area contributed by atoms with E-state index in [0.717, 1.165) is 53.1 Å². The number of rotatable bonds is 7. The first kappa shape index (κ1) is 23.1. The van der Waals surface area contributed by atoms with Gasteiger partial charge in [-0.2, -0.15) is 0 Å². The molecular weight excluding hydrogens is 452 g/mol. The van der Waals surface area contributed by atoms with Gasteiger partial charge in [0.05, 0.1) is 12.2 Å². The average molecular weight is 485 g/mol. The lowest BCUT2D eigenvalue weighted by atomic mass is 9.81. The average Bonchev–Trinajstić information content (AvgIpc) is 3.53. The maximum Gasteiger partial charge on any atom is 0.138 e. The van der Waals surface area contributed by atoms with Crippen LogP contribution in [0.1, 0.15) is 29.8 Å². The molecule has 6 heterocycles. The van der Waals surface area contributed by atoms with Gasteiger partial charge in [-0.1, -0.05) is 6.07 Å². The predicted molar refractivity (Wildman–Crippen MR) is 139 cm³/mol. The number of nitrogens with one attached hydrogen (secondary N) is 4. The highest BCUT2D eigenvalue weighted by molar-refractivity contribution is 5.93. The molecule has 2 aliphatic heterocycles. The van der Waals surface area contributed by atoms with Crippen LogP contribution in [0.5, 0.6) is 5.75 Å². The van der Waals surface area contributed by atoms with Crippen LogP contribution < -0.4 is 20.9 Å². The molecule has 0 bridgehead atoms. The Hall–Kier alpha value is -3.37. The van der Waals surface area contributed by atoms with Crippen molar-refractivity contribution in [3.63, 3.8) is 0 Å². The molecule has 9 nitrogen and oxygen atoms in total. The lowest BCUT2D eigenvalue weighted by Gasteiger charge is -2.34. The summed E-state index contributed by atoms with van der Waals surface area (Å²) in [6.07, 6.45) is 10.3. The fraction of sp³-hybridized carbons (Fsp3) is 0.370. The van der Waals surface area contributed by atoms with Crippen molar-refractivity contribution in [2.45, 2.75) is 24.5 Å². The van der Waals surface area contributed by atoms with E-state index in [2.05, 4.69) is 65.3 Å². The van der Waals surface area contributed by atoms with E-state index in [9.17, 15) is 0 Å². The van der Waals surface area contributed by atoms with Crippen LogP contribution in [-0.2, 0) is 0 Å². The first-order valence-electron chi connectivity index (χ1n) is 12.5. The molecule has 36 heavy (non-hydrogen) atoms. The van der Waals surface area contributed by atoms with E-state index in [4.69, 9.17) is 4.74 Å². The summed E-state index contributed by atoms with van der Waals surface area (Å²) in [6.45, 7) is 2.40. The number of pyridine rings is 3. The highest BCUT2D eigenvalue weighted by Gasteiger charge is 2.42. The van der Waals surface area contributed by atoms with Gasteiger partial charge in [-0.05, 0) is 55.9 Å². The number of hydrogen-bond acceptors (Lipinski definition) is 8. The largest absolute Gasteiger partial charge is 0.491 e. The minimum Gasteiger partial charge on any atom is -0.491 e. The molecular formula is C27H32N8O. The smallest absolute Gasteiger partial charge is 0.138 e. The van der Waals surface area contributed by atoms with Gasteiger partial charge in [-0.15, -0.1) is 0 Å². The minimum absolute atomic E-state index is 0.156. The normalized spacial score (nSPS) is 23.8. The van der Waals surface area contributed by atoms with Crippen molar-refractivity contribution in [1.82, 2.24) is 41.0 Å². The molecule has 6 rings (SSSR count). The lowest BCUT2D eigenvalue weighted by Crippen LogP contribution is -2.46. The van der Waals surface area contributed by atoms with Crippen LogP contribution in [0.15, 0.2) is 61.3 Å². The summed E-state index contributed by atoms with van der Waals surface area (Å²) in [4.78, 5) is 19.1. The number of hydrazine groups is 1. The van der Waals surface area contributed by atoms with Crippen LogP contribution in [0.4, 0.5) is 0 Å².